The highest BCUT2D eigenvalue weighted by Crippen LogP contribution is 2.29. The van der Waals surface area contributed by atoms with E-state index in [0.29, 0.717) is 5.92 Å². The van der Waals surface area contributed by atoms with Gasteiger partial charge >= 0.3 is 0 Å². The first-order valence-electron chi connectivity index (χ1n) is 11.3. The van der Waals surface area contributed by atoms with Crippen molar-refractivity contribution in [2.24, 2.45) is 4.99 Å². The number of nitro groups is 1. The van der Waals surface area contributed by atoms with Crippen molar-refractivity contribution in [3.8, 4) is 11.3 Å². The summed E-state index contributed by atoms with van der Waals surface area (Å²) in [6.07, 6.45) is 8.24. The molecule has 0 atom stereocenters. The molecule has 32 heavy (non-hydrogen) atoms. The molecule has 0 aliphatic heterocycles. The Bertz CT molecular complexity index is 1200. The molecule has 1 aromatic heterocycles. The molecule has 0 bridgehead atoms. The molecule has 0 amide bonds. The Balaban J connectivity index is 1.79. The van der Waals surface area contributed by atoms with E-state index in [-0.39, 0.29) is 10.6 Å². The molecule has 1 aliphatic carbocycles. The molecule has 5 nitrogen and oxygen atoms in total. The number of hydrogen-bond acceptors (Lipinski definition) is 4. The van der Waals surface area contributed by atoms with Gasteiger partial charge in [-0.05, 0) is 49.7 Å². The van der Waals surface area contributed by atoms with Gasteiger partial charge in [0, 0.05) is 29.6 Å². The summed E-state index contributed by atoms with van der Waals surface area (Å²) in [5.41, 5.74) is 5.66. The van der Waals surface area contributed by atoms with Crippen LogP contribution >= 0.6 is 11.3 Å². The highest BCUT2D eigenvalue weighted by atomic mass is 32.1. The lowest BCUT2D eigenvalue weighted by molar-refractivity contribution is -0.384. The van der Waals surface area contributed by atoms with Crippen LogP contribution < -0.4 is 4.80 Å². The second kappa shape index (κ2) is 10.1. The fourth-order valence-corrected chi connectivity index (χ4v) is 5.16. The molecule has 0 saturated carbocycles. The molecule has 0 spiro atoms. The van der Waals surface area contributed by atoms with Gasteiger partial charge in [-0.2, -0.15) is 0 Å². The fourth-order valence-electron chi connectivity index (χ4n) is 4.21. The van der Waals surface area contributed by atoms with Gasteiger partial charge in [0.05, 0.1) is 16.3 Å². The average Bonchev–Trinajstić information content (AvgIpc) is 3.21. The van der Waals surface area contributed by atoms with Crippen molar-refractivity contribution < 1.29 is 4.92 Å². The van der Waals surface area contributed by atoms with Gasteiger partial charge in [0.1, 0.15) is 0 Å². The summed E-state index contributed by atoms with van der Waals surface area (Å²) in [7, 11) is 0. The van der Waals surface area contributed by atoms with Gasteiger partial charge < -0.3 is 4.57 Å². The highest BCUT2D eigenvalue weighted by Gasteiger charge is 2.14. The Morgan fingerprint density at radius 1 is 1.16 bits per heavy atom. The van der Waals surface area contributed by atoms with Gasteiger partial charge in [-0.1, -0.05) is 55.8 Å². The van der Waals surface area contributed by atoms with Crippen LogP contribution in [0.5, 0.6) is 0 Å². The van der Waals surface area contributed by atoms with Crippen molar-refractivity contribution in [1.82, 2.24) is 4.57 Å². The summed E-state index contributed by atoms with van der Waals surface area (Å²) in [6.45, 7) is 5.18. The summed E-state index contributed by atoms with van der Waals surface area (Å²) < 4.78 is 2.23. The second-order valence-electron chi connectivity index (χ2n) is 8.55. The van der Waals surface area contributed by atoms with E-state index in [9.17, 15) is 10.1 Å². The van der Waals surface area contributed by atoms with Gasteiger partial charge in [0.2, 0.25) is 0 Å². The van der Waals surface area contributed by atoms with Gasteiger partial charge in [0.25, 0.3) is 5.69 Å². The van der Waals surface area contributed by atoms with E-state index in [4.69, 9.17) is 4.99 Å². The zero-order valence-corrected chi connectivity index (χ0v) is 19.5. The number of para-hydroxylation sites is 1. The molecular weight excluding hydrogens is 418 g/mol. The number of thiazole rings is 1. The molecular formula is C26H29N3O2S. The van der Waals surface area contributed by atoms with E-state index in [0.717, 1.165) is 34.7 Å². The number of nitro benzene ring substituents is 1. The smallest absolute Gasteiger partial charge is 0.270 e. The summed E-state index contributed by atoms with van der Waals surface area (Å²) >= 11 is 1.59. The Hall–Kier alpha value is -2.99. The van der Waals surface area contributed by atoms with Crippen molar-refractivity contribution in [3.63, 3.8) is 0 Å². The molecule has 3 aromatic rings. The monoisotopic (exact) mass is 447 g/mol. The second-order valence-corrected chi connectivity index (χ2v) is 9.38. The van der Waals surface area contributed by atoms with Gasteiger partial charge in [0.15, 0.2) is 4.80 Å². The Morgan fingerprint density at radius 2 is 2.00 bits per heavy atom. The molecule has 2 aromatic carbocycles. The van der Waals surface area contributed by atoms with Gasteiger partial charge in [-0.3, -0.25) is 10.1 Å². The van der Waals surface area contributed by atoms with E-state index in [1.165, 1.54) is 42.9 Å². The van der Waals surface area contributed by atoms with Crippen LogP contribution in [0.1, 0.15) is 57.4 Å². The van der Waals surface area contributed by atoms with Crippen LogP contribution in [0.25, 0.3) is 11.3 Å². The molecule has 4 rings (SSSR count). The number of non-ortho nitro benzene ring substituents is 1. The molecule has 0 saturated heterocycles. The Kier molecular flexibility index (Phi) is 7.00. The normalized spacial score (nSPS) is 14.6. The molecule has 0 fully saturated rings. The first-order chi connectivity index (χ1) is 15.5. The average molecular weight is 448 g/mol. The first-order valence-corrected chi connectivity index (χ1v) is 12.2. The molecule has 1 heterocycles. The summed E-state index contributed by atoms with van der Waals surface area (Å²) in [4.78, 5) is 17.0. The zero-order valence-electron chi connectivity index (χ0n) is 18.7. The number of aromatic nitrogens is 1. The maximum atomic E-state index is 11.3. The van der Waals surface area contributed by atoms with Crippen molar-refractivity contribution in [2.75, 3.05) is 0 Å². The minimum Gasteiger partial charge on any atom is -0.316 e. The van der Waals surface area contributed by atoms with Crippen LogP contribution in [0.2, 0.25) is 0 Å². The largest absolute Gasteiger partial charge is 0.316 e. The third kappa shape index (κ3) is 5.07. The Morgan fingerprint density at radius 3 is 2.75 bits per heavy atom. The predicted octanol–water partition coefficient (Wildman–Crippen LogP) is 7.37. The molecule has 6 heteroatoms. The molecule has 166 valence electrons. The van der Waals surface area contributed by atoms with Crippen LogP contribution in [0, 0.1) is 10.1 Å². The summed E-state index contributed by atoms with van der Waals surface area (Å²) in [5, 5.41) is 13.4. The third-order valence-corrected chi connectivity index (χ3v) is 6.83. The topological polar surface area (TPSA) is 60.4 Å². The number of nitrogens with zero attached hydrogens (tertiary/aromatic N) is 3. The van der Waals surface area contributed by atoms with Crippen LogP contribution in [-0.2, 0) is 6.54 Å². The lowest BCUT2D eigenvalue weighted by Crippen LogP contribution is -2.17. The quantitative estimate of drug-likeness (QED) is 0.216. The molecule has 0 unspecified atom stereocenters. The molecule has 0 radical (unpaired) electrons. The lowest BCUT2D eigenvalue weighted by Gasteiger charge is -2.15. The predicted molar refractivity (Wildman–Crippen MR) is 131 cm³/mol. The summed E-state index contributed by atoms with van der Waals surface area (Å²) in [6, 6.07) is 15.2. The van der Waals surface area contributed by atoms with Crippen molar-refractivity contribution in [2.45, 2.75) is 58.4 Å². The minimum absolute atomic E-state index is 0.110. The Labute approximate surface area is 192 Å². The van der Waals surface area contributed by atoms with Crippen molar-refractivity contribution in [3.05, 3.63) is 86.0 Å². The fraction of sp³-hybridized carbons (Fsp3) is 0.346. The van der Waals surface area contributed by atoms with Crippen LogP contribution in [0.4, 0.5) is 11.4 Å². The number of hydrogen-bond donors (Lipinski definition) is 0. The lowest BCUT2D eigenvalue weighted by atomic mass is 9.97. The standard InChI is InChI=1S/C26H29N3O2S/c1-19(2)23-13-6-7-14-24(23)27-26-28(16-15-20-9-4-3-5-10-20)25(18-32-26)21-11-8-12-22(17-21)29(30)31/h6-9,11-14,17-19H,3-5,10,15-16H2,1-2H3. The van der Waals surface area contributed by atoms with E-state index in [1.54, 1.807) is 23.5 Å². The van der Waals surface area contributed by atoms with E-state index >= 15 is 0 Å². The van der Waals surface area contributed by atoms with Crippen LogP contribution in [-0.4, -0.2) is 9.49 Å². The molecule has 0 N–H and O–H groups in total. The maximum absolute atomic E-state index is 11.3. The minimum atomic E-state index is -0.336. The maximum Gasteiger partial charge on any atom is 0.270 e. The summed E-state index contributed by atoms with van der Waals surface area (Å²) in [5.74, 6) is 0.381. The zero-order chi connectivity index (χ0) is 22.5. The highest BCUT2D eigenvalue weighted by molar-refractivity contribution is 7.07. The number of benzene rings is 2. The first kappa shape index (κ1) is 22.2. The van der Waals surface area contributed by atoms with Crippen LogP contribution in [0.3, 0.4) is 0 Å². The van der Waals surface area contributed by atoms with Crippen LogP contribution in [0.15, 0.2) is 70.6 Å². The van der Waals surface area contributed by atoms with E-state index in [2.05, 4.69) is 48.1 Å². The van der Waals surface area contributed by atoms with Gasteiger partial charge in [-0.25, -0.2) is 4.99 Å². The third-order valence-electron chi connectivity index (χ3n) is 5.97. The van der Waals surface area contributed by atoms with E-state index < -0.39 is 0 Å². The SMILES string of the molecule is CC(C)c1ccccc1N=c1scc(-c2cccc([N+](=O)[O-])c2)n1CCC1=CCCCC1. The van der Waals surface area contributed by atoms with E-state index in [1.807, 2.05) is 12.1 Å². The number of rotatable bonds is 7. The molecule has 1 aliphatic rings. The van der Waals surface area contributed by atoms with Crippen molar-refractivity contribution in [1.29, 1.82) is 0 Å². The van der Waals surface area contributed by atoms with Gasteiger partial charge in [-0.15, -0.1) is 11.3 Å². The van der Waals surface area contributed by atoms with Crippen molar-refractivity contribution >= 4 is 22.7 Å². The number of allylic oxidation sites excluding steroid dienone is 2.